The Balaban J connectivity index is 2.71. The zero-order valence-electron chi connectivity index (χ0n) is 13.0. The first-order valence-corrected chi connectivity index (χ1v) is 6.94. The number of carbonyl (C=O) groups is 1. The zero-order valence-corrected chi connectivity index (χ0v) is 13.0. The van der Waals surface area contributed by atoms with Gasteiger partial charge in [0.15, 0.2) is 0 Å². The number of ether oxygens (including phenoxy) is 1. The highest BCUT2D eigenvalue weighted by Gasteiger charge is 2.16. The molecule has 5 heteroatoms. The number of nitrogens with zero attached hydrogens (tertiary/aromatic N) is 1. The van der Waals surface area contributed by atoms with Crippen molar-refractivity contribution in [2.45, 2.75) is 59.6 Å². The minimum absolute atomic E-state index is 0.340. The predicted octanol–water partition coefficient (Wildman–Crippen LogP) is 2.95. The van der Waals surface area contributed by atoms with Crippen LogP contribution in [-0.4, -0.2) is 16.7 Å². The van der Waals surface area contributed by atoms with Crippen molar-refractivity contribution in [1.82, 2.24) is 10.3 Å². The number of hydrogen-bond donors (Lipinski definition) is 2. The second kappa shape index (κ2) is 6.59. The molecule has 0 saturated carbocycles. The molecule has 1 aromatic rings. The molecule has 0 unspecified atom stereocenters. The van der Waals surface area contributed by atoms with Gasteiger partial charge in [0.2, 0.25) is 0 Å². The van der Waals surface area contributed by atoms with Gasteiger partial charge in [0, 0.05) is 0 Å². The molecule has 1 aromatic heterocycles. The first-order chi connectivity index (χ1) is 9.23. The normalized spacial score (nSPS) is 11.2. The Hall–Kier alpha value is -1.78. The highest BCUT2D eigenvalue weighted by molar-refractivity contribution is 5.67. The van der Waals surface area contributed by atoms with Crippen LogP contribution in [0.2, 0.25) is 0 Å². The summed E-state index contributed by atoms with van der Waals surface area (Å²) in [5.41, 5.74) is 8.93. The molecule has 1 heterocycles. The van der Waals surface area contributed by atoms with Crippen LogP contribution >= 0.6 is 0 Å². The maximum Gasteiger partial charge on any atom is 0.407 e. The molecule has 20 heavy (non-hydrogen) atoms. The van der Waals surface area contributed by atoms with E-state index in [1.807, 2.05) is 33.8 Å². The van der Waals surface area contributed by atoms with Crippen molar-refractivity contribution in [2.75, 3.05) is 5.73 Å². The number of rotatable bonds is 4. The molecule has 0 bridgehead atoms. The van der Waals surface area contributed by atoms with E-state index in [0.717, 1.165) is 35.5 Å². The van der Waals surface area contributed by atoms with Gasteiger partial charge < -0.3 is 15.8 Å². The molecule has 3 N–H and O–H groups in total. The number of aryl methyl sites for hydroxylation is 2. The van der Waals surface area contributed by atoms with E-state index in [2.05, 4.69) is 17.2 Å². The van der Waals surface area contributed by atoms with E-state index in [-0.39, 0.29) is 0 Å². The number of anilines is 1. The van der Waals surface area contributed by atoms with E-state index in [1.165, 1.54) is 0 Å². The number of nitrogen functional groups attached to an aromatic ring is 1. The Morgan fingerprint density at radius 2 is 2.10 bits per heavy atom. The van der Waals surface area contributed by atoms with Crippen molar-refractivity contribution in [3.8, 4) is 0 Å². The number of nitrogens with one attached hydrogen (secondary N) is 1. The lowest BCUT2D eigenvalue weighted by atomic mass is 10.1. The van der Waals surface area contributed by atoms with Gasteiger partial charge in [0.05, 0.1) is 23.6 Å². The summed E-state index contributed by atoms with van der Waals surface area (Å²) in [6.07, 6.45) is 1.39. The Kier molecular flexibility index (Phi) is 5.36. The summed E-state index contributed by atoms with van der Waals surface area (Å²) in [7, 11) is 0. The van der Waals surface area contributed by atoms with Crippen LogP contribution in [0.25, 0.3) is 0 Å². The van der Waals surface area contributed by atoms with Crippen LogP contribution in [0.3, 0.4) is 0 Å². The van der Waals surface area contributed by atoms with Crippen LogP contribution in [0.1, 0.15) is 51.1 Å². The van der Waals surface area contributed by atoms with Crippen LogP contribution in [-0.2, 0) is 17.7 Å². The Morgan fingerprint density at radius 3 is 2.65 bits per heavy atom. The van der Waals surface area contributed by atoms with Gasteiger partial charge in [0.1, 0.15) is 5.60 Å². The van der Waals surface area contributed by atoms with Gasteiger partial charge in [-0.05, 0) is 45.7 Å². The summed E-state index contributed by atoms with van der Waals surface area (Å²) in [5, 5.41) is 2.71. The monoisotopic (exact) mass is 279 g/mol. The fraction of sp³-hybridized carbons (Fsp3) is 0.600. The second-order valence-electron chi connectivity index (χ2n) is 5.90. The first kappa shape index (κ1) is 16.3. The maximum absolute atomic E-state index is 11.6. The molecule has 5 nitrogen and oxygen atoms in total. The van der Waals surface area contributed by atoms with Crippen molar-refractivity contribution in [3.05, 3.63) is 23.0 Å². The molecule has 1 amide bonds. The quantitative estimate of drug-likeness (QED) is 0.888. The van der Waals surface area contributed by atoms with Gasteiger partial charge in [-0.2, -0.15) is 0 Å². The summed E-state index contributed by atoms with van der Waals surface area (Å²) < 4.78 is 5.19. The van der Waals surface area contributed by atoms with Gasteiger partial charge in [-0.3, -0.25) is 4.98 Å². The molecule has 0 spiro atoms. The van der Waals surface area contributed by atoms with Gasteiger partial charge in [0.25, 0.3) is 0 Å². The molecule has 0 aromatic carbocycles. The van der Waals surface area contributed by atoms with Gasteiger partial charge in [-0.15, -0.1) is 0 Å². The summed E-state index contributed by atoms with van der Waals surface area (Å²) >= 11 is 0. The standard InChI is InChI=1S/C15H25N3O2/c1-6-7-12-13(16)10(2)8-11(18-12)9-17-14(19)20-15(3,4)5/h8H,6-7,9,16H2,1-5H3,(H,17,19). The number of nitrogens with two attached hydrogens (primary N) is 1. The van der Waals surface area contributed by atoms with E-state index in [4.69, 9.17) is 10.5 Å². The van der Waals surface area contributed by atoms with Gasteiger partial charge in [-0.1, -0.05) is 13.3 Å². The van der Waals surface area contributed by atoms with Crippen molar-refractivity contribution < 1.29 is 9.53 Å². The van der Waals surface area contributed by atoms with Crippen LogP contribution in [0.5, 0.6) is 0 Å². The Bertz CT molecular complexity index is 479. The van der Waals surface area contributed by atoms with E-state index in [0.29, 0.717) is 6.54 Å². The molecule has 0 fully saturated rings. The summed E-state index contributed by atoms with van der Waals surface area (Å²) in [5.74, 6) is 0. The smallest absolute Gasteiger partial charge is 0.407 e. The molecule has 112 valence electrons. The Morgan fingerprint density at radius 1 is 1.45 bits per heavy atom. The fourth-order valence-electron chi connectivity index (χ4n) is 1.82. The van der Waals surface area contributed by atoms with E-state index in [1.54, 1.807) is 0 Å². The number of carbonyl (C=O) groups excluding carboxylic acids is 1. The van der Waals surface area contributed by atoms with Crippen molar-refractivity contribution >= 4 is 11.8 Å². The minimum Gasteiger partial charge on any atom is -0.444 e. The average molecular weight is 279 g/mol. The molecular weight excluding hydrogens is 254 g/mol. The largest absolute Gasteiger partial charge is 0.444 e. The summed E-state index contributed by atoms with van der Waals surface area (Å²) in [6.45, 7) is 9.87. The maximum atomic E-state index is 11.6. The van der Waals surface area contributed by atoms with E-state index in [9.17, 15) is 4.79 Å². The average Bonchev–Trinajstić information content (AvgIpc) is 2.30. The first-order valence-electron chi connectivity index (χ1n) is 6.94. The van der Waals surface area contributed by atoms with Gasteiger partial charge >= 0.3 is 6.09 Å². The predicted molar refractivity (Wildman–Crippen MR) is 80.5 cm³/mol. The topological polar surface area (TPSA) is 77.2 Å². The molecule has 0 radical (unpaired) electrons. The second-order valence-corrected chi connectivity index (χ2v) is 5.90. The van der Waals surface area contributed by atoms with Crippen molar-refractivity contribution in [2.24, 2.45) is 0 Å². The lowest BCUT2D eigenvalue weighted by Crippen LogP contribution is -2.32. The number of pyridine rings is 1. The third-order valence-corrected chi connectivity index (χ3v) is 2.70. The number of amides is 1. The zero-order chi connectivity index (χ0) is 15.3. The summed E-state index contributed by atoms with van der Waals surface area (Å²) in [4.78, 5) is 16.1. The lowest BCUT2D eigenvalue weighted by Gasteiger charge is -2.19. The highest BCUT2D eigenvalue weighted by Crippen LogP contribution is 2.18. The number of alkyl carbamates (subject to hydrolysis) is 1. The number of aromatic nitrogens is 1. The van der Waals surface area contributed by atoms with Crippen molar-refractivity contribution in [3.63, 3.8) is 0 Å². The third-order valence-electron chi connectivity index (χ3n) is 2.70. The van der Waals surface area contributed by atoms with Crippen molar-refractivity contribution in [1.29, 1.82) is 0 Å². The molecule has 1 rings (SSSR count). The van der Waals surface area contributed by atoms with E-state index >= 15 is 0 Å². The van der Waals surface area contributed by atoms with E-state index < -0.39 is 11.7 Å². The SMILES string of the molecule is CCCc1nc(CNC(=O)OC(C)(C)C)cc(C)c1N. The van der Waals surface area contributed by atoms with Crippen LogP contribution in [0.15, 0.2) is 6.07 Å². The number of hydrogen-bond acceptors (Lipinski definition) is 4. The molecule has 0 aliphatic rings. The van der Waals surface area contributed by atoms with Crippen LogP contribution < -0.4 is 11.1 Å². The molecule has 0 saturated heterocycles. The van der Waals surface area contributed by atoms with Crippen LogP contribution in [0, 0.1) is 6.92 Å². The summed E-state index contributed by atoms with van der Waals surface area (Å²) in [6, 6.07) is 1.89. The molecule has 0 aliphatic carbocycles. The molecule has 0 atom stereocenters. The fourth-order valence-corrected chi connectivity index (χ4v) is 1.82. The lowest BCUT2D eigenvalue weighted by molar-refractivity contribution is 0.0523. The minimum atomic E-state index is -0.498. The van der Waals surface area contributed by atoms with Gasteiger partial charge in [-0.25, -0.2) is 4.79 Å². The van der Waals surface area contributed by atoms with Crippen LogP contribution in [0.4, 0.5) is 10.5 Å². The third kappa shape index (κ3) is 5.07. The molecular formula is C15H25N3O2. The Labute approximate surface area is 120 Å². The highest BCUT2D eigenvalue weighted by atomic mass is 16.6. The molecule has 0 aliphatic heterocycles.